The van der Waals surface area contributed by atoms with Crippen LogP contribution in [0, 0.1) is 5.41 Å². The minimum absolute atomic E-state index is 0.244. The van der Waals surface area contributed by atoms with Crippen molar-refractivity contribution in [3.63, 3.8) is 0 Å². The molecular formula is C12H17NO2. The zero-order valence-electron chi connectivity index (χ0n) is 8.99. The Morgan fingerprint density at radius 1 is 1.47 bits per heavy atom. The molecule has 2 rings (SSSR count). The van der Waals surface area contributed by atoms with E-state index < -0.39 is 0 Å². The van der Waals surface area contributed by atoms with Gasteiger partial charge in [0, 0.05) is 6.07 Å². The number of methoxy groups -OCH3 is 1. The Hall–Kier alpha value is -1.22. The molecule has 0 atom stereocenters. The van der Waals surface area contributed by atoms with E-state index in [1.807, 2.05) is 6.07 Å². The van der Waals surface area contributed by atoms with Crippen LogP contribution in [0.15, 0.2) is 18.2 Å². The number of hydrogen-bond acceptors (Lipinski definition) is 3. The van der Waals surface area contributed by atoms with Crippen molar-refractivity contribution < 1.29 is 9.84 Å². The Kier molecular flexibility index (Phi) is 2.57. The van der Waals surface area contributed by atoms with E-state index in [9.17, 15) is 5.11 Å². The molecular weight excluding hydrogens is 190 g/mol. The largest absolute Gasteiger partial charge is 0.508 e. The number of phenols is 1. The van der Waals surface area contributed by atoms with Crippen LogP contribution in [0.3, 0.4) is 0 Å². The average molecular weight is 207 g/mol. The first kappa shape index (κ1) is 10.3. The molecule has 0 unspecified atom stereocenters. The normalized spacial score (nSPS) is 17.5. The van der Waals surface area contributed by atoms with Crippen LogP contribution in [0.4, 0.5) is 0 Å². The Balaban J connectivity index is 2.20. The van der Waals surface area contributed by atoms with Gasteiger partial charge >= 0.3 is 0 Å². The van der Waals surface area contributed by atoms with E-state index in [-0.39, 0.29) is 5.75 Å². The fraction of sp³-hybridized carbons (Fsp3) is 0.500. The van der Waals surface area contributed by atoms with Gasteiger partial charge in [0.25, 0.3) is 0 Å². The van der Waals surface area contributed by atoms with Gasteiger partial charge in [-0.1, -0.05) is 6.07 Å². The molecule has 1 aromatic rings. The second-order valence-corrected chi connectivity index (χ2v) is 4.38. The lowest BCUT2D eigenvalue weighted by Gasteiger charge is -2.15. The van der Waals surface area contributed by atoms with Gasteiger partial charge in [0.05, 0.1) is 7.11 Å². The third-order valence-corrected chi connectivity index (χ3v) is 3.23. The molecule has 0 amide bonds. The number of rotatable bonds is 4. The van der Waals surface area contributed by atoms with Gasteiger partial charge in [-0.15, -0.1) is 0 Å². The van der Waals surface area contributed by atoms with Gasteiger partial charge in [-0.05, 0) is 42.9 Å². The number of nitrogens with two attached hydrogens (primary N) is 1. The standard InChI is InChI=1S/C12H17NO2/c1-15-11-6-10(14)3-2-9(11)7-12(8-13)4-5-12/h2-3,6,14H,4-5,7-8,13H2,1H3. The highest BCUT2D eigenvalue weighted by Crippen LogP contribution is 2.48. The predicted octanol–water partition coefficient (Wildman–Crippen LogP) is 1.68. The van der Waals surface area contributed by atoms with Crippen LogP contribution >= 0.6 is 0 Å². The molecule has 3 N–H and O–H groups in total. The van der Waals surface area contributed by atoms with E-state index in [1.165, 1.54) is 12.8 Å². The highest BCUT2D eigenvalue weighted by atomic mass is 16.5. The maximum absolute atomic E-state index is 9.34. The fourth-order valence-corrected chi connectivity index (χ4v) is 1.91. The SMILES string of the molecule is COc1cc(O)ccc1CC1(CN)CC1. The van der Waals surface area contributed by atoms with Gasteiger partial charge in [0.2, 0.25) is 0 Å². The Morgan fingerprint density at radius 3 is 2.73 bits per heavy atom. The Bertz CT molecular complexity index is 359. The molecule has 1 aliphatic rings. The summed E-state index contributed by atoms with van der Waals surface area (Å²) in [6.07, 6.45) is 3.36. The molecule has 0 aromatic heterocycles. The predicted molar refractivity (Wildman–Crippen MR) is 59.1 cm³/mol. The number of aromatic hydroxyl groups is 1. The first-order valence-corrected chi connectivity index (χ1v) is 5.25. The maximum Gasteiger partial charge on any atom is 0.125 e. The third-order valence-electron chi connectivity index (χ3n) is 3.23. The number of ether oxygens (including phenoxy) is 1. The van der Waals surface area contributed by atoms with E-state index >= 15 is 0 Å². The van der Waals surface area contributed by atoms with Crippen LogP contribution in [-0.2, 0) is 6.42 Å². The fourth-order valence-electron chi connectivity index (χ4n) is 1.91. The van der Waals surface area contributed by atoms with Crippen LogP contribution < -0.4 is 10.5 Å². The van der Waals surface area contributed by atoms with E-state index in [4.69, 9.17) is 10.5 Å². The summed E-state index contributed by atoms with van der Waals surface area (Å²) in [5.41, 5.74) is 7.18. The lowest BCUT2D eigenvalue weighted by Crippen LogP contribution is -2.18. The number of phenolic OH excluding ortho intramolecular Hbond substituents is 1. The zero-order valence-corrected chi connectivity index (χ0v) is 8.99. The summed E-state index contributed by atoms with van der Waals surface area (Å²) >= 11 is 0. The minimum atomic E-state index is 0.244. The highest BCUT2D eigenvalue weighted by Gasteiger charge is 2.41. The molecule has 3 nitrogen and oxygen atoms in total. The smallest absolute Gasteiger partial charge is 0.125 e. The van der Waals surface area contributed by atoms with Crippen molar-refractivity contribution in [1.82, 2.24) is 0 Å². The molecule has 0 spiro atoms. The molecule has 15 heavy (non-hydrogen) atoms. The lowest BCUT2D eigenvalue weighted by molar-refractivity contribution is 0.396. The Labute approximate surface area is 89.9 Å². The monoisotopic (exact) mass is 207 g/mol. The van der Waals surface area contributed by atoms with Gasteiger partial charge < -0.3 is 15.6 Å². The van der Waals surface area contributed by atoms with Gasteiger partial charge in [-0.3, -0.25) is 0 Å². The van der Waals surface area contributed by atoms with E-state index in [1.54, 1.807) is 19.2 Å². The van der Waals surface area contributed by atoms with Gasteiger partial charge in [-0.25, -0.2) is 0 Å². The van der Waals surface area contributed by atoms with Crippen LogP contribution in [0.25, 0.3) is 0 Å². The average Bonchev–Trinajstić information content (AvgIpc) is 3.01. The molecule has 1 aromatic carbocycles. The van der Waals surface area contributed by atoms with E-state index in [0.29, 0.717) is 5.41 Å². The van der Waals surface area contributed by atoms with E-state index in [2.05, 4.69) is 0 Å². The minimum Gasteiger partial charge on any atom is -0.508 e. The summed E-state index contributed by atoms with van der Waals surface area (Å²) in [5, 5.41) is 9.34. The van der Waals surface area contributed by atoms with Gasteiger partial charge in [0.15, 0.2) is 0 Å². The van der Waals surface area contributed by atoms with Crippen molar-refractivity contribution in [2.45, 2.75) is 19.3 Å². The zero-order chi connectivity index (χ0) is 10.9. The van der Waals surface area contributed by atoms with Crippen molar-refractivity contribution in [1.29, 1.82) is 0 Å². The number of benzene rings is 1. The van der Waals surface area contributed by atoms with Crippen LogP contribution in [0.5, 0.6) is 11.5 Å². The summed E-state index contributed by atoms with van der Waals surface area (Å²) in [4.78, 5) is 0. The van der Waals surface area contributed by atoms with Gasteiger partial charge in [0.1, 0.15) is 11.5 Å². The summed E-state index contributed by atoms with van der Waals surface area (Å²) < 4.78 is 5.24. The van der Waals surface area contributed by atoms with Crippen molar-refractivity contribution in [2.75, 3.05) is 13.7 Å². The second-order valence-electron chi connectivity index (χ2n) is 4.38. The third kappa shape index (κ3) is 2.07. The lowest BCUT2D eigenvalue weighted by atomic mass is 9.96. The molecule has 1 saturated carbocycles. The van der Waals surface area contributed by atoms with Crippen molar-refractivity contribution >= 4 is 0 Å². The summed E-state index contributed by atoms with van der Waals surface area (Å²) in [5.74, 6) is 1.00. The Morgan fingerprint density at radius 2 is 2.20 bits per heavy atom. The quantitative estimate of drug-likeness (QED) is 0.789. The van der Waals surface area contributed by atoms with Crippen molar-refractivity contribution in [2.24, 2.45) is 11.1 Å². The van der Waals surface area contributed by atoms with Gasteiger partial charge in [-0.2, -0.15) is 0 Å². The first-order chi connectivity index (χ1) is 7.19. The number of hydrogen-bond donors (Lipinski definition) is 2. The van der Waals surface area contributed by atoms with Crippen LogP contribution in [0.2, 0.25) is 0 Å². The molecule has 0 aliphatic heterocycles. The molecule has 1 fully saturated rings. The highest BCUT2D eigenvalue weighted by molar-refractivity contribution is 5.41. The molecule has 0 radical (unpaired) electrons. The molecule has 82 valence electrons. The molecule has 0 saturated heterocycles. The van der Waals surface area contributed by atoms with Crippen LogP contribution in [-0.4, -0.2) is 18.8 Å². The maximum atomic E-state index is 9.34. The summed E-state index contributed by atoms with van der Waals surface area (Å²) in [7, 11) is 1.63. The van der Waals surface area contributed by atoms with Crippen molar-refractivity contribution in [3.8, 4) is 11.5 Å². The molecule has 1 aliphatic carbocycles. The van der Waals surface area contributed by atoms with E-state index in [0.717, 1.165) is 24.3 Å². The summed E-state index contributed by atoms with van der Waals surface area (Å²) in [6.45, 7) is 0.733. The summed E-state index contributed by atoms with van der Waals surface area (Å²) in [6, 6.07) is 5.27. The van der Waals surface area contributed by atoms with Crippen molar-refractivity contribution in [3.05, 3.63) is 23.8 Å². The molecule has 0 bridgehead atoms. The topological polar surface area (TPSA) is 55.5 Å². The molecule has 0 heterocycles. The molecule has 3 heteroatoms. The van der Waals surface area contributed by atoms with Crippen LogP contribution in [0.1, 0.15) is 18.4 Å². The second kappa shape index (κ2) is 3.74. The first-order valence-electron chi connectivity index (χ1n) is 5.25.